The summed E-state index contributed by atoms with van der Waals surface area (Å²) in [6.07, 6.45) is 1.05. The van der Waals surface area contributed by atoms with Gasteiger partial charge in [0, 0.05) is 24.8 Å². The number of anilines is 2. The van der Waals surface area contributed by atoms with E-state index in [1.165, 1.54) is 0 Å². The highest BCUT2D eigenvalue weighted by atomic mass is 35.5. The minimum absolute atomic E-state index is 0. The van der Waals surface area contributed by atoms with Crippen molar-refractivity contribution in [3.63, 3.8) is 0 Å². The van der Waals surface area contributed by atoms with Crippen LogP contribution >= 0.6 is 12.4 Å². The molecule has 7 heteroatoms. The lowest BCUT2D eigenvalue weighted by Gasteiger charge is -2.44. The number of hydrogen-bond donors (Lipinski definition) is 1. The van der Waals surface area contributed by atoms with Gasteiger partial charge in [-0.1, -0.05) is 19.1 Å². The monoisotopic (exact) mass is 417 g/mol. The molecule has 1 unspecified atom stereocenters. The molecule has 2 heterocycles. The summed E-state index contributed by atoms with van der Waals surface area (Å²) < 4.78 is 5.27. The van der Waals surface area contributed by atoms with Crippen LogP contribution in [0, 0.1) is 5.21 Å². The largest absolute Gasteiger partial charge is 0.631 e. The van der Waals surface area contributed by atoms with E-state index in [0.29, 0.717) is 18.0 Å². The zero-order chi connectivity index (χ0) is 20.1. The molecule has 29 heavy (non-hydrogen) atoms. The number of hydrogen-bond acceptors (Lipinski definition) is 4. The maximum Gasteiger partial charge on any atom is 0.417 e. The molecular weight excluding hydrogens is 390 g/mol. The third-order valence-corrected chi connectivity index (χ3v) is 6.28. The van der Waals surface area contributed by atoms with Crippen LogP contribution in [0.1, 0.15) is 31.4 Å². The predicted octanol–water partition coefficient (Wildman–Crippen LogP) is 4.66. The molecule has 156 valence electrons. The van der Waals surface area contributed by atoms with Crippen LogP contribution in [0.5, 0.6) is 5.75 Å². The van der Waals surface area contributed by atoms with E-state index >= 15 is 0 Å². The number of hydroxylamine groups is 3. The zero-order valence-electron chi connectivity index (χ0n) is 17.3. The maximum atomic E-state index is 12.9. The first-order valence-electron chi connectivity index (χ1n) is 9.76. The Morgan fingerprint density at radius 3 is 2.83 bits per heavy atom. The van der Waals surface area contributed by atoms with E-state index < -0.39 is 6.09 Å². The van der Waals surface area contributed by atoms with Crippen LogP contribution in [-0.2, 0) is 11.8 Å². The van der Waals surface area contributed by atoms with E-state index in [9.17, 15) is 10.0 Å². The number of benzene rings is 2. The van der Waals surface area contributed by atoms with Crippen molar-refractivity contribution in [3.05, 3.63) is 58.8 Å². The number of halogens is 1. The first kappa shape index (κ1) is 21.4. The van der Waals surface area contributed by atoms with Crippen molar-refractivity contribution in [2.24, 2.45) is 0 Å². The molecule has 1 saturated heterocycles. The fraction of sp³-hybridized carbons (Fsp3) is 0.409. The van der Waals surface area contributed by atoms with Gasteiger partial charge in [0.15, 0.2) is 6.17 Å². The Bertz CT molecular complexity index is 933. The fourth-order valence-corrected chi connectivity index (χ4v) is 4.97. The molecular formula is C22H28ClN3O3. The van der Waals surface area contributed by atoms with E-state index in [0.717, 1.165) is 29.7 Å². The molecule has 4 rings (SSSR count). The van der Waals surface area contributed by atoms with Crippen LogP contribution in [0.25, 0.3) is 0 Å². The Balaban J connectivity index is 0.00000240. The minimum Gasteiger partial charge on any atom is -0.631 e. The van der Waals surface area contributed by atoms with Gasteiger partial charge < -0.3 is 19.5 Å². The van der Waals surface area contributed by atoms with Crippen molar-refractivity contribution in [3.8, 4) is 5.75 Å². The summed E-state index contributed by atoms with van der Waals surface area (Å²) in [6.45, 7) is 4.80. The quantitative estimate of drug-likeness (QED) is 0.582. The predicted molar refractivity (Wildman–Crippen MR) is 118 cm³/mol. The van der Waals surface area contributed by atoms with Crippen LogP contribution in [0.3, 0.4) is 0 Å². The Hall–Kier alpha value is -2.28. The Morgan fingerprint density at radius 1 is 1.34 bits per heavy atom. The van der Waals surface area contributed by atoms with Crippen LogP contribution in [0.4, 0.5) is 16.2 Å². The highest BCUT2D eigenvalue weighted by Crippen LogP contribution is 2.54. The topological polar surface area (TPSA) is 64.6 Å². The van der Waals surface area contributed by atoms with Crippen LogP contribution in [-0.4, -0.2) is 37.5 Å². The Kier molecular flexibility index (Phi) is 5.56. The van der Waals surface area contributed by atoms with Crippen LogP contribution in [0.15, 0.2) is 42.5 Å². The van der Waals surface area contributed by atoms with Gasteiger partial charge >= 0.3 is 6.09 Å². The number of ether oxygens (including phenoxy) is 1. The lowest BCUT2D eigenvalue weighted by Crippen LogP contribution is -2.54. The van der Waals surface area contributed by atoms with Gasteiger partial charge in [-0.15, -0.1) is 12.4 Å². The van der Waals surface area contributed by atoms with Gasteiger partial charge in [0.25, 0.3) is 0 Å². The molecule has 1 N–H and O–H groups in total. The summed E-state index contributed by atoms with van der Waals surface area (Å²) >= 11 is 0. The van der Waals surface area contributed by atoms with Crippen LogP contribution in [0.2, 0.25) is 0 Å². The number of quaternary nitrogens is 1. The molecule has 1 fully saturated rings. The Morgan fingerprint density at radius 2 is 2.10 bits per heavy atom. The average molecular weight is 418 g/mol. The number of aryl methyl sites for hydroxylation is 1. The van der Waals surface area contributed by atoms with E-state index in [4.69, 9.17) is 4.74 Å². The Labute approximate surface area is 178 Å². The third-order valence-electron chi connectivity index (χ3n) is 6.28. The van der Waals surface area contributed by atoms with E-state index in [1.807, 2.05) is 43.4 Å². The van der Waals surface area contributed by atoms with Gasteiger partial charge in [-0.25, -0.2) is 4.79 Å². The third kappa shape index (κ3) is 3.56. The molecule has 2 aromatic carbocycles. The number of fused-ring (bicyclic) bond motifs is 3. The normalized spacial score (nSPS) is 27.1. The molecule has 0 saturated carbocycles. The first-order chi connectivity index (χ1) is 13.2. The smallest absolute Gasteiger partial charge is 0.417 e. The molecule has 6 nitrogen and oxygen atoms in total. The number of carbonyl (C=O) groups is 1. The molecule has 1 amide bonds. The fourth-order valence-electron chi connectivity index (χ4n) is 4.97. The van der Waals surface area contributed by atoms with E-state index in [2.05, 4.69) is 24.1 Å². The van der Waals surface area contributed by atoms with Gasteiger partial charge in [-0.2, -0.15) is 0 Å². The number of nitrogens with one attached hydrogen (secondary N) is 1. The van der Waals surface area contributed by atoms with E-state index in [1.54, 1.807) is 13.1 Å². The number of likely N-dealkylation sites (N-methyl/N-ethyl adjacent to an activating group) is 2. The van der Waals surface area contributed by atoms with Crippen molar-refractivity contribution in [2.45, 2.75) is 38.3 Å². The number of rotatable bonds is 3. The molecule has 2 aliphatic rings. The molecule has 2 aromatic rings. The standard InChI is InChI=1S/C22H27N3O3.ClH/c1-5-15-7-6-8-16(13-15)23-21(26)28-17-9-10-19-18(14-17)22(2)11-12-25(4,27)20(22)24(19)3;/h6-10,13-14,20H,5,11-12H2,1-4H3,(H,23,26);1H/t20-,22-,25?;/m0./s1. The van der Waals surface area contributed by atoms with Crippen molar-refractivity contribution in [1.82, 2.24) is 0 Å². The minimum atomic E-state index is -0.517. The van der Waals surface area contributed by atoms with E-state index in [-0.39, 0.29) is 28.6 Å². The maximum absolute atomic E-state index is 12.9. The number of likely N-dealkylation sites (tertiary alicyclic amines) is 1. The van der Waals surface area contributed by atoms with Gasteiger partial charge in [-0.05, 0) is 54.8 Å². The number of carbonyl (C=O) groups excluding carboxylic acids is 1. The molecule has 0 spiro atoms. The van der Waals surface area contributed by atoms with Crippen molar-refractivity contribution < 1.29 is 14.2 Å². The van der Waals surface area contributed by atoms with Gasteiger partial charge in [-0.3, -0.25) is 5.32 Å². The molecule has 0 aliphatic carbocycles. The molecule has 0 radical (unpaired) electrons. The molecule has 0 aromatic heterocycles. The number of nitrogens with zero attached hydrogens (tertiary/aromatic N) is 2. The van der Waals surface area contributed by atoms with Gasteiger partial charge in [0.1, 0.15) is 5.75 Å². The second kappa shape index (κ2) is 7.52. The van der Waals surface area contributed by atoms with Crippen molar-refractivity contribution >= 4 is 29.9 Å². The highest BCUT2D eigenvalue weighted by molar-refractivity contribution is 5.86. The summed E-state index contributed by atoms with van der Waals surface area (Å²) in [6, 6.07) is 13.4. The zero-order valence-corrected chi connectivity index (χ0v) is 18.1. The molecule has 0 bridgehead atoms. The van der Waals surface area contributed by atoms with Crippen LogP contribution < -0.4 is 15.0 Å². The highest BCUT2D eigenvalue weighted by Gasteiger charge is 2.58. The molecule has 3 atom stereocenters. The SMILES string of the molecule is CCc1cccc(NC(=O)Oc2ccc3c(c2)[C@]2(C)CC[N+](C)([O-])[C@@H]2N3C)c1.Cl. The average Bonchev–Trinajstić information content (AvgIpc) is 3.04. The summed E-state index contributed by atoms with van der Waals surface area (Å²) in [7, 11) is 3.72. The summed E-state index contributed by atoms with van der Waals surface area (Å²) in [5.41, 5.74) is 3.74. The summed E-state index contributed by atoms with van der Waals surface area (Å²) in [4.78, 5) is 14.4. The number of amides is 1. The first-order valence-corrected chi connectivity index (χ1v) is 9.76. The summed E-state index contributed by atoms with van der Waals surface area (Å²) in [5, 5.41) is 15.7. The summed E-state index contributed by atoms with van der Waals surface area (Å²) in [5.74, 6) is 0.491. The second-order valence-corrected chi connectivity index (χ2v) is 8.30. The van der Waals surface area contributed by atoms with Gasteiger partial charge in [0.2, 0.25) is 0 Å². The van der Waals surface area contributed by atoms with Gasteiger partial charge in [0.05, 0.1) is 19.0 Å². The molecule has 2 aliphatic heterocycles. The van der Waals surface area contributed by atoms with Crippen molar-refractivity contribution in [2.75, 3.05) is 30.9 Å². The lowest BCUT2D eigenvalue weighted by molar-refractivity contribution is -0.874. The van der Waals surface area contributed by atoms with Crippen molar-refractivity contribution in [1.29, 1.82) is 0 Å². The lowest BCUT2D eigenvalue weighted by atomic mass is 9.81. The second-order valence-electron chi connectivity index (χ2n) is 8.30.